The molecule has 1 aliphatic rings. The summed E-state index contributed by atoms with van der Waals surface area (Å²) in [5.74, 6) is 1.63. The van der Waals surface area contributed by atoms with Crippen LogP contribution in [0.1, 0.15) is 39.5 Å². The van der Waals surface area contributed by atoms with E-state index in [2.05, 4.69) is 19.6 Å². The monoisotopic (exact) mass is 186 g/mol. The molecule has 0 saturated heterocycles. The van der Waals surface area contributed by atoms with Crippen LogP contribution in [0.4, 0.5) is 0 Å². The first-order valence-corrected chi connectivity index (χ1v) is 5.31. The normalized spacial score (nSPS) is 32.9. The average molecular weight is 186 g/mol. The summed E-state index contributed by atoms with van der Waals surface area (Å²) in [7, 11) is 0. The van der Waals surface area contributed by atoms with E-state index >= 15 is 0 Å². The molecule has 1 rings (SSSR count). The second-order valence-corrected chi connectivity index (χ2v) is 4.63. The summed E-state index contributed by atoms with van der Waals surface area (Å²) >= 11 is 4.35. The lowest BCUT2D eigenvalue weighted by Crippen LogP contribution is -2.26. The van der Waals surface area contributed by atoms with Crippen LogP contribution in [-0.2, 0) is 4.79 Å². The minimum absolute atomic E-state index is 0.00231. The predicted octanol–water partition coefficient (Wildman–Crippen LogP) is 2.70. The zero-order valence-corrected chi connectivity index (χ0v) is 8.81. The smallest absolute Gasteiger partial charge is 0.142 e. The molecule has 12 heavy (non-hydrogen) atoms. The Morgan fingerprint density at radius 1 is 1.33 bits per heavy atom. The molecular formula is C10H18OS. The first kappa shape index (κ1) is 10.1. The van der Waals surface area contributed by atoms with Crippen LogP contribution >= 0.6 is 12.6 Å². The van der Waals surface area contributed by atoms with Crippen molar-refractivity contribution in [2.24, 2.45) is 11.8 Å². The van der Waals surface area contributed by atoms with Gasteiger partial charge in [0.05, 0.1) is 5.25 Å². The average Bonchev–Trinajstić information content (AvgIpc) is 2.04. The van der Waals surface area contributed by atoms with E-state index in [9.17, 15) is 4.79 Å². The zero-order valence-electron chi connectivity index (χ0n) is 7.92. The molecule has 0 aromatic carbocycles. The molecule has 0 aromatic rings. The number of ketones is 1. The van der Waals surface area contributed by atoms with Crippen LogP contribution in [0.3, 0.4) is 0 Å². The molecule has 1 saturated carbocycles. The van der Waals surface area contributed by atoms with Crippen LogP contribution < -0.4 is 0 Å². The Morgan fingerprint density at radius 3 is 2.25 bits per heavy atom. The molecule has 0 amide bonds. The lowest BCUT2D eigenvalue weighted by atomic mass is 9.80. The number of hydrogen-bond acceptors (Lipinski definition) is 2. The van der Waals surface area contributed by atoms with Crippen molar-refractivity contribution in [3.8, 4) is 0 Å². The highest BCUT2D eigenvalue weighted by Crippen LogP contribution is 2.32. The molecule has 0 N–H and O–H groups in total. The van der Waals surface area contributed by atoms with Gasteiger partial charge in [0, 0.05) is 0 Å². The van der Waals surface area contributed by atoms with E-state index in [1.54, 1.807) is 6.92 Å². The van der Waals surface area contributed by atoms with Crippen molar-refractivity contribution < 1.29 is 4.79 Å². The van der Waals surface area contributed by atoms with Crippen molar-refractivity contribution in [1.29, 1.82) is 0 Å². The number of Topliss-reactive ketones (excluding diaryl/α,β-unsaturated/α-hetero) is 1. The first-order valence-electron chi connectivity index (χ1n) is 4.79. The van der Waals surface area contributed by atoms with Crippen LogP contribution in [0.2, 0.25) is 0 Å². The molecule has 1 fully saturated rings. The molecule has 0 aromatic heterocycles. The number of carbonyl (C=O) groups excluding carboxylic acids is 1. The molecule has 0 bridgehead atoms. The van der Waals surface area contributed by atoms with Crippen molar-refractivity contribution in [2.75, 3.05) is 0 Å². The standard InChI is InChI=1S/C10H18OS/c1-7-3-5-9(6-4-7)10(12)8(2)11/h7,9-10,12H,3-6H2,1-2H3. The Kier molecular flexibility index (Phi) is 3.63. The highest BCUT2D eigenvalue weighted by atomic mass is 32.1. The molecule has 1 nitrogen and oxygen atoms in total. The summed E-state index contributed by atoms with van der Waals surface area (Å²) in [4.78, 5) is 11.0. The fraction of sp³-hybridized carbons (Fsp3) is 0.900. The maximum absolute atomic E-state index is 11.0. The van der Waals surface area contributed by atoms with Gasteiger partial charge in [-0.3, -0.25) is 4.79 Å². The second-order valence-electron chi connectivity index (χ2n) is 4.08. The van der Waals surface area contributed by atoms with Gasteiger partial charge in [-0.1, -0.05) is 19.8 Å². The third-order valence-electron chi connectivity index (χ3n) is 2.92. The predicted molar refractivity (Wildman–Crippen MR) is 54.6 cm³/mol. The van der Waals surface area contributed by atoms with Gasteiger partial charge >= 0.3 is 0 Å². The van der Waals surface area contributed by atoms with Crippen LogP contribution in [0, 0.1) is 11.8 Å². The molecule has 70 valence electrons. The number of rotatable bonds is 2. The van der Waals surface area contributed by atoms with E-state index in [0.717, 1.165) is 5.92 Å². The Balaban J connectivity index is 2.39. The molecule has 2 heteroatoms. The summed E-state index contributed by atoms with van der Waals surface area (Å²) in [6.45, 7) is 3.94. The van der Waals surface area contributed by atoms with Gasteiger partial charge < -0.3 is 0 Å². The number of carbonyl (C=O) groups is 1. The fourth-order valence-corrected chi connectivity index (χ4v) is 2.23. The van der Waals surface area contributed by atoms with E-state index in [-0.39, 0.29) is 11.0 Å². The second kappa shape index (κ2) is 4.31. The summed E-state index contributed by atoms with van der Waals surface area (Å²) in [6, 6.07) is 0. The Morgan fingerprint density at radius 2 is 1.83 bits per heavy atom. The lowest BCUT2D eigenvalue weighted by Gasteiger charge is -2.28. The van der Waals surface area contributed by atoms with Gasteiger partial charge in [0.15, 0.2) is 0 Å². The van der Waals surface area contributed by atoms with Crippen molar-refractivity contribution >= 4 is 18.4 Å². The third-order valence-corrected chi connectivity index (χ3v) is 3.71. The third kappa shape index (κ3) is 2.51. The summed E-state index contributed by atoms with van der Waals surface area (Å²) in [5.41, 5.74) is 0. The minimum atomic E-state index is -0.00231. The lowest BCUT2D eigenvalue weighted by molar-refractivity contribution is -0.117. The van der Waals surface area contributed by atoms with Gasteiger partial charge in [-0.25, -0.2) is 0 Å². The summed E-state index contributed by atoms with van der Waals surface area (Å²) < 4.78 is 0. The molecule has 0 spiro atoms. The van der Waals surface area contributed by atoms with E-state index in [0.29, 0.717) is 5.92 Å². The largest absolute Gasteiger partial charge is 0.299 e. The zero-order chi connectivity index (χ0) is 9.14. The highest BCUT2D eigenvalue weighted by Gasteiger charge is 2.25. The summed E-state index contributed by atoms with van der Waals surface area (Å²) in [5, 5.41) is -0.00231. The van der Waals surface area contributed by atoms with Crippen molar-refractivity contribution in [3.05, 3.63) is 0 Å². The Hall–Kier alpha value is 0.0200. The number of hydrogen-bond donors (Lipinski definition) is 1. The Bertz CT molecular complexity index is 159. The molecule has 0 radical (unpaired) electrons. The molecule has 0 heterocycles. The fourth-order valence-electron chi connectivity index (χ4n) is 1.93. The Labute approximate surface area is 80.3 Å². The van der Waals surface area contributed by atoms with Crippen molar-refractivity contribution in [3.63, 3.8) is 0 Å². The van der Waals surface area contributed by atoms with Crippen LogP contribution in [0.15, 0.2) is 0 Å². The van der Waals surface area contributed by atoms with Crippen LogP contribution in [0.5, 0.6) is 0 Å². The van der Waals surface area contributed by atoms with E-state index in [1.165, 1.54) is 25.7 Å². The van der Waals surface area contributed by atoms with Gasteiger partial charge in [0.2, 0.25) is 0 Å². The summed E-state index contributed by atoms with van der Waals surface area (Å²) in [6.07, 6.45) is 4.92. The van der Waals surface area contributed by atoms with Gasteiger partial charge in [0.25, 0.3) is 0 Å². The van der Waals surface area contributed by atoms with E-state index < -0.39 is 0 Å². The molecule has 1 aliphatic carbocycles. The van der Waals surface area contributed by atoms with Gasteiger partial charge in [-0.2, -0.15) is 12.6 Å². The van der Waals surface area contributed by atoms with E-state index in [1.807, 2.05) is 0 Å². The molecule has 1 unspecified atom stereocenters. The maximum atomic E-state index is 11.0. The minimum Gasteiger partial charge on any atom is -0.299 e. The molecular weight excluding hydrogens is 168 g/mol. The van der Waals surface area contributed by atoms with Gasteiger partial charge in [-0.15, -0.1) is 0 Å². The van der Waals surface area contributed by atoms with Gasteiger partial charge in [-0.05, 0) is 31.6 Å². The molecule has 0 aliphatic heterocycles. The SMILES string of the molecule is CC(=O)C(S)C1CCC(C)CC1. The van der Waals surface area contributed by atoms with E-state index in [4.69, 9.17) is 0 Å². The highest BCUT2D eigenvalue weighted by molar-refractivity contribution is 7.81. The first-order chi connectivity index (χ1) is 5.61. The number of thiol groups is 1. The molecule has 1 atom stereocenters. The van der Waals surface area contributed by atoms with Gasteiger partial charge in [0.1, 0.15) is 5.78 Å². The topological polar surface area (TPSA) is 17.1 Å². The van der Waals surface area contributed by atoms with Crippen LogP contribution in [-0.4, -0.2) is 11.0 Å². The van der Waals surface area contributed by atoms with Crippen LogP contribution in [0.25, 0.3) is 0 Å². The van der Waals surface area contributed by atoms with Crippen molar-refractivity contribution in [1.82, 2.24) is 0 Å². The maximum Gasteiger partial charge on any atom is 0.142 e. The quantitative estimate of drug-likeness (QED) is 0.656. The van der Waals surface area contributed by atoms with Crippen molar-refractivity contribution in [2.45, 2.75) is 44.8 Å².